The monoisotopic (exact) mass is 271 g/mol. The number of amides is 2. The van der Waals surface area contributed by atoms with E-state index in [1.807, 2.05) is 6.92 Å². The Hall–Kier alpha value is -1.63. The van der Waals surface area contributed by atoms with Crippen LogP contribution < -0.4 is 16.4 Å². The van der Waals surface area contributed by atoms with Crippen LogP contribution in [0.25, 0.3) is 0 Å². The van der Waals surface area contributed by atoms with Crippen LogP contribution in [-0.2, 0) is 14.4 Å². The molecule has 1 aliphatic heterocycles. The Balaban J connectivity index is 2.59. The quantitative estimate of drug-likeness (QED) is 0.504. The zero-order chi connectivity index (χ0) is 14.5. The highest BCUT2D eigenvalue weighted by Gasteiger charge is 2.36. The molecule has 19 heavy (non-hydrogen) atoms. The summed E-state index contributed by atoms with van der Waals surface area (Å²) in [5, 5.41) is 14.7. The van der Waals surface area contributed by atoms with Gasteiger partial charge in [-0.2, -0.15) is 0 Å². The zero-order valence-corrected chi connectivity index (χ0v) is 11.1. The van der Waals surface area contributed by atoms with Crippen LogP contribution in [0.1, 0.15) is 32.6 Å². The predicted octanol–water partition coefficient (Wildman–Crippen LogP) is -0.789. The lowest BCUT2D eigenvalue weighted by atomic mass is 9.80. The number of nitrogens with one attached hydrogen (secondary N) is 2. The number of primary amides is 1. The first-order chi connectivity index (χ1) is 8.85. The molecule has 0 aromatic carbocycles. The zero-order valence-electron chi connectivity index (χ0n) is 11.1. The fraction of sp³-hybridized carbons (Fsp3) is 0.750. The van der Waals surface area contributed by atoms with Gasteiger partial charge >= 0.3 is 5.97 Å². The van der Waals surface area contributed by atoms with Crippen molar-refractivity contribution < 1.29 is 19.5 Å². The fourth-order valence-electron chi connectivity index (χ4n) is 2.08. The summed E-state index contributed by atoms with van der Waals surface area (Å²) in [6.45, 7) is 3.31. The van der Waals surface area contributed by atoms with E-state index >= 15 is 0 Å². The number of aliphatic carboxylic acids is 1. The van der Waals surface area contributed by atoms with Crippen molar-refractivity contribution in [1.29, 1.82) is 0 Å². The molecule has 0 aromatic rings. The largest absolute Gasteiger partial charge is 0.480 e. The van der Waals surface area contributed by atoms with Crippen LogP contribution in [0.15, 0.2) is 0 Å². The number of carbonyl (C=O) groups excluding carboxylic acids is 2. The van der Waals surface area contributed by atoms with Crippen LogP contribution in [0.2, 0.25) is 0 Å². The molecule has 0 radical (unpaired) electrons. The molecule has 1 heterocycles. The summed E-state index contributed by atoms with van der Waals surface area (Å²) >= 11 is 0. The van der Waals surface area contributed by atoms with Crippen molar-refractivity contribution in [2.24, 2.45) is 11.1 Å². The summed E-state index contributed by atoms with van der Waals surface area (Å²) in [6, 6.07) is -1.06. The lowest BCUT2D eigenvalue weighted by molar-refractivity contribution is -0.144. The Kier molecular flexibility index (Phi) is 5.29. The summed E-state index contributed by atoms with van der Waals surface area (Å²) in [7, 11) is 0. The van der Waals surface area contributed by atoms with Crippen molar-refractivity contribution in [1.82, 2.24) is 10.6 Å². The predicted molar refractivity (Wildman–Crippen MR) is 68.2 cm³/mol. The topological polar surface area (TPSA) is 122 Å². The van der Waals surface area contributed by atoms with Crippen molar-refractivity contribution in [2.45, 2.75) is 38.6 Å². The maximum atomic E-state index is 12.2. The standard InChI is InChI=1S/C12H21N3O4/c1-12(4-6-14-7-5-12)11(19)15-8(10(17)18)2-3-9(13)16/h8,14H,2-7H2,1H3,(H2,13,16)(H,15,19)(H,17,18). The lowest BCUT2D eigenvalue weighted by Gasteiger charge is -2.33. The number of rotatable bonds is 6. The number of carbonyl (C=O) groups is 3. The molecule has 0 aromatic heterocycles. The van der Waals surface area contributed by atoms with E-state index in [-0.39, 0.29) is 18.7 Å². The Morgan fingerprint density at radius 2 is 1.95 bits per heavy atom. The molecule has 1 saturated heterocycles. The Morgan fingerprint density at radius 3 is 2.42 bits per heavy atom. The molecule has 108 valence electrons. The maximum absolute atomic E-state index is 12.2. The van der Waals surface area contributed by atoms with Gasteiger partial charge in [0, 0.05) is 11.8 Å². The Bertz CT molecular complexity index is 364. The number of nitrogens with two attached hydrogens (primary N) is 1. The molecule has 0 saturated carbocycles. The molecule has 0 aliphatic carbocycles. The van der Waals surface area contributed by atoms with E-state index in [2.05, 4.69) is 10.6 Å². The van der Waals surface area contributed by atoms with Gasteiger partial charge in [0.15, 0.2) is 0 Å². The van der Waals surface area contributed by atoms with Gasteiger partial charge in [0.25, 0.3) is 0 Å². The highest BCUT2D eigenvalue weighted by Crippen LogP contribution is 2.28. The minimum atomic E-state index is -1.15. The third-order valence-corrected chi connectivity index (χ3v) is 3.54. The van der Waals surface area contributed by atoms with Crippen LogP contribution in [0.3, 0.4) is 0 Å². The molecule has 1 aliphatic rings. The fourth-order valence-corrected chi connectivity index (χ4v) is 2.08. The second-order valence-corrected chi connectivity index (χ2v) is 5.18. The third kappa shape index (κ3) is 4.51. The summed E-state index contributed by atoms with van der Waals surface area (Å²) in [5.74, 6) is -1.99. The summed E-state index contributed by atoms with van der Waals surface area (Å²) < 4.78 is 0. The number of carboxylic acid groups (broad SMARTS) is 1. The van der Waals surface area contributed by atoms with Crippen molar-refractivity contribution in [3.63, 3.8) is 0 Å². The first kappa shape index (κ1) is 15.4. The molecule has 1 atom stereocenters. The lowest BCUT2D eigenvalue weighted by Crippen LogP contribution is -2.51. The van der Waals surface area contributed by atoms with Gasteiger partial charge in [-0.25, -0.2) is 4.79 Å². The van der Waals surface area contributed by atoms with E-state index in [0.29, 0.717) is 12.8 Å². The van der Waals surface area contributed by atoms with Gasteiger partial charge in [-0.15, -0.1) is 0 Å². The highest BCUT2D eigenvalue weighted by atomic mass is 16.4. The maximum Gasteiger partial charge on any atom is 0.326 e. The molecule has 5 N–H and O–H groups in total. The van der Waals surface area contributed by atoms with E-state index in [9.17, 15) is 14.4 Å². The number of carboxylic acids is 1. The van der Waals surface area contributed by atoms with Crippen molar-refractivity contribution in [3.05, 3.63) is 0 Å². The normalized spacial score (nSPS) is 19.4. The molecule has 1 unspecified atom stereocenters. The number of piperidine rings is 1. The smallest absolute Gasteiger partial charge is 0.326 e. The second kappa shape index (κ2) is 6.51. The molecule has 0 spiro atoms. The highest BCUT2D eigenvalue weighted by molar-refractivity contribution is 5.87. The van der Waals surface area contributed by atoms with E-state index in [4.69, 9.17) is 10.8 Å². The van der Waals surface area contributed by atoms with E-state index < -0.39 is 23.3 Å². The molecule has 1 rings (SSSR count). The molecule has 7 nitrogen and oxygen atoms in total. The average Bonchev–Trinajstić information content (AvgIpc) is 2.34. The van der Waals surface area contributed by atoms with Gasteiger partial charge in [-0.3, -0.25) is 9.59 Å². The van der Waals surface area contributed by atoms with Crippen molar-refractivity contribution in [3.8, 4) is 0 Å². The summed E-state index contributed by atoms with van der Waals surface area (Å²) in [5.41, 5.74) is 4.44. The molecule has 0 bridgehead atoms. The molecular formula is C12H21N3O4. The molecular weight excluding hydrogens is 250 g/mol. The van der Waals surface area contributed by atoms with Crippen molar-refractivity contribution in [2.75, 3.05) is 13.1 Å². The van der Waals surface area contributed by atoms with Crippen molar-refractivity contribution >= 4 is 17.8 Å². The first-order valence-electron chi connectivity index (χ1n) is 6.38. The SMILES string of the molecule is CC1(C(=O)NC(CCC(N)=O)C(=O)O)CCNCC1. The van der Waals surface area contributed by atoms with Gasteiger partial charge in [0.1, 0.15) is 6.04 Å². The van der Waals surface area contributed by atoms with E-state index in [1.54, 1.807) is 0 Å². The van der Waals surface area contributed by atoms with E-state index in [1.165, 1.54) is 0 Å². The van der Waals surface area contributed by atoms with Crippen LogP contribution >= 0.6 is 0 Å². The van der Waals surface area contributed by atoms with E-state index in [0.717, 1.165) is 13.1 Å². The Labute approximate surface area is 111 Å². The van der Waals surface area contributed by atoms with Gasteiger partial charge in [-0.1, -0.05) is 6.92 Å². The molecule has 7 heteroatoms. The number of hydrogen-bond donors (Lipinski definition) is 4. The van der Waals surface area contributed by atoms with Gasteiger partial charge in [0.05, 0.1) is 0 Å². The van der Waals surface area contributed by atoms with Crippen LogP contribution in [-0.4, -0.2) is 42.0 Å². The summed E-state index contributed by atoms with van der Waals surface area (Å²) in [4.78, 5) is 33.9. The minimum absolute atomic E-state index is 0.0186. The Morgan fingerprint density at radius 1 is 1.37 bits per heavy atom. The molecule has 2 amide bonds. The third-order valence-electron chi connectivity index (χ3n) is 3.54. The summed E-state index contributed by atoms with van der Waals surface area (Å²) in [6.07, 6.45) is 1.29. The van der Waals surface area contributed by atoms with Crippen LogP contribution in [0, 0.1) is 5.41 Å². The van der Waals surface area contributed by atoms with Crippen LogP contribution in [0.5, 0.6) is 0 Å². The van der Waals surface area contributed by atoms with Gasteiger partial charge < -0.3 is 21.5 Å². The second-order valence-electron chi connectivity index (χ2n) is 5.18. The number of hydrogen-bond acceptors (Lipinski definition) is 4. The first-order valence-corrected chi connectivity index (χ1v) is 6.38. The molecule has 1 fully saturated rings. The van der Waals surface area contributed by atoms with Gasteiger partial charge in [0.2, 0.25) is 11.8 Å². The average molecular weight is 271 g/mol. The minimum Gasteiger partial charge on any atom is -0.480 e. The van der Waals surface area contributed by atoms with Gasteiger partial charge in [-0.05, 0) is 32.4 Å². The van der Waals surface area contributed by atoms with Crippen LogP contribution in [0.4, 0.5) is 0 Å².